The van der Waals surface area contributed by atoms with E-state index in [9.17, 15) is 9.59 Å². The van der Waals surface area contributed by atoms with Crippen molar-refractivity contribution in [2.75, 3.05) is 14.2 Å². The number of amides is 1. The molecule has 2 aromatic rings. The van der Waals surface area contributed by atoms with E-state index in [0.717, 1.165) is 16.9 Å². The summed E-state index contributed by atoms with van der Waals surface area (Å²) in [5.74, 6) is -0.118. The zero-order valence-electron chi connectivity index (χ0n) is 13.6. The quantitative estimate of drug-likeness (QED) is 0.793. The van der Waals surface area contributed by atoms with Gasteiger partial charge in [0.1, 0.15) is 9.88 Å². The number of nitrogens with one attached hydrogen (secondary N) is 1. The molecule has 0 aliphatic carbocycles. The van der Waals surface area contributed by atoms with Gasteiger partial charge in [-0.15, -0.1) is 11.3 Å². The predicted octanol–water partition coefficient (Wildman–Crippen LogP) is 2.03. The number of thiazole rings is 1. The lowest BCUT2D eigenvalue weighted by Crippen LogP contribution is -2.24. The number of methoxy groups -OCH3 is 2. The lowest BCUT2D eigenvalue weighted by molar-refractivity contribution is -0.120. The van der Waals surface area contributed by atoms with E-state index >= 15 is 0 Å². The molecule has 0 spiro atoms. The molecule has 0 saturated heterocycles. The van der Waals surface area contributed by atoms with Crippen LogP contribution in [-0.2, 0) is 17.8 Å². The molecule has 0 atom stereocenters. The second-order valence-corrected chi connectivity index (χ2v) is 6.02. The van der Waals surface area contributed by atoms with Gasteiger partial charge in [-0.05, 0) is 13.0 Å². The average molecular weight is 350 g/mol. The van der Waals surface area contributed by atoms with Crippen molar-refractivity contribution >= 4 is 23.2 Å². The van der Waals surface area contributed by atoms with Crippen LogP contribution in [0.2, 0.25) is 0 Å². The number of carboxylic acids is 1. The Hall–Kier alpha value is -2.61. The number of carbonyl (C=O) groups is 2. The third kappa shape index (κ3) is 4.02. The molecule has 0 aliphatic heterocycles. The average Bonchev–Trinajstić information content (AvgIpc) is 2.92. The van der Waals surface area contributed by atoms with E-state index in [0.29, 0.717) is 22.2 Å². The molecule has 0 bridgehead atoms. The summed E-state index contributed by atoms with van der Waals surface area (Å²) >= 11 is 1.02. The minimum atomic E-state index is -1.03. The summed E-state index contributed by atoms with van der Waals surface area (Å²) in [6.07, 6.45) is 0.0328. The van der Waals surface area contributed by atoms with Crippen LogP contribution in [0.15, 0.2) is 18.2 Å². The van der Waals surface area contributed by atoms with Crippen molar-refractivity contribution in [3.8, 4) is 11.5 Å². The first-order valence-corrected chi connectivity index (χ1v) is 7.94. The Kier molecular flexibility index (Phi) is 5.75. The van der Waals surface area contributed by atoms with E-state index in [2.05, 4.69) is 10.3 Å². The Morgan fingerprint density at radius 2 is 2.04 bits per heavy atom. The first-order valence-electron chi connectivity index (χ1n) is 7.12. The number of hydrogen-bond acceptors (Lipinski definition) is 6. The summed E-state index contributed by atoms with van der Waals surface area (Å²) in [6.45, 7) is 1.89. The highest BCUT2D eigenvalue weighted by molar-refractivity contribution is 7.13. The molecule has 1 heterocycles. The summed E-state index contributed by atoms with van der Waals surface area (Å²) in [5.41, 5.74) is 1.21. The molecule has 2 N–H and O–H groups in total. The number of para-hydroxylation sites is 1. The predicted molar refractivity (Wildman–Crippen MR) is 88.9 cm³/mol. The van der Waals surface area contributed by atoms with Crippen molar-refractivity contribution in [3.05, 3.63) is 39.3 Å². The number of carboxylic acid groups (broad SMARTS) is 1. The topological polar surface area (TPSA) is 97.8 Å². The highest BCUT2D eigenvalue weighted by Crippen LogP contribution is 2.30. The SMILES string of the molecule is COc1cccc(CNC(=O)Cc2nc(C)c(C(=O)O)s2)c1OC. The maximum absolute atomic E-state index is 12.1. The minimum Gasteiger partial charge on any atom is -0.493 e. The summed E-state index contributed by atoms with van der Waals surface area (Å²) in [6, 6.07) is 5.42. The van der Waals surface area contributed by atoms with Gasteiger partial charge in [-0.25, -0.2) is 9.78 Å². The highest BCUT2D eigenvalue weighted by Gasteiger charge is 2.16. The zero-order chi connectivity index (χ0) is 17.7. The summed E-state index contributed by atoms with van der Waals surface area (Å²) in [4.78, 5) is 27.4. The lowest BCUT2D eigenvalue weighted by Gasteiger charge is -2.12. The van der Waals surface area contributed by atoms with E-state index < -0.39 is 5.97 Å². The molecular weight excluding hydrogens is 332 g/mol. The minimum absolute atomic E-state index is 0.0328. The Labute approximate surface area is 143 Å². The van der Waals surface area contributed by atoms with Crippen LogP contribution >= 0.6 is 11.3 Å². The molecule has 7 nitrogen and oxygen atoms in total. The number of hydrogen-bond donors (Lipinski definition) is 2. The van der Waals surface area contributed by atoms with E-state index in [-0.39, 0.29) is 23.7 Å². The van der Waals surface area contributed by atoms with Crippen molar-refractivity contribution in [2.24, 2.45) is 0 Å². The van der Waals surface area contributed by atoms with Gasteiger partial charge in [0.25, 0.3) is 0 Å². The molecular formula is C16H18N2O5S. The Morgan fingerprint density at radius 1 is 1.29 bits per heavy atom. The van der Waals surface area contributed by atoms with Crippen molar-refractivity contribution in [2.45, 2.75) is 19.9 Å². The monoisotopic (exact) mass is 350 g/mol. The molecule has 1 aromatic heterocycles. The van der Waals surface area contributed by atoms with Crippen LogP contribution in [0.1, 0.15) is 25.9 Å². The lowest BCUT2D eigenvalue weighted by atomic mass is 10.2. The number of rotatable bonds is 7. The standard InChI is InChI=1S/C16H18N2O5S/c1-9-15(16(20)21)24-13(18-9)7-12(19)17-8-10-5-4-6-11(22-2)14(10)23-3/h4-6H,7-8H2,1-3H3,(H,17,19)(H,20,21). The zero-order valence-corrected chi connectivity index (χ0v) is 14.4. The Balaban J connectivity index is 2.01. The largest absolute Gasteiger partial charge is 0.493 e. The van der Waals surface area contributed by atoms with Crippen LogP contribution < -0.4 is 14.8 Å². The fraction of sp³-hybridized carbons (Fsp3) is 0.312. The Bertz CT molecular complexity index is 757. The van der Waals surface area contributed by atoms with Gasteiger partial charge in [-0.1, -0.05) is 12.1 Å². The van der Waals surface area contributed by atoms with Crippen LogP contribution in [-0.4, -0.2) is 36.2 Å². The van der Waals surface area contributed by atoms with E-state index in [1.165, 1.54) is 7.11 Å². The number of benzene rings is 1. The van der Waals surface area contributed by atoms with Crippen LogP contribution in [0.4, 0.5) is 0 Å². The van der Waals surface area contributed by atoms with Crippen molar-refractivity contribution in [3.63, 3.8) is 0 Å². The fourth-order valence-corrected chi connectivity index (χ4v) is 3.12. The van der Waals surface area contributed by atoms with Gasteiger partial charge in [0.05, 0.1) is 26.3 Å². The van der Waals surface area contributed by atoms with Gasteiger partial charge in [-0.2, -0.15) is 0 Å². The maximum atomic E-state index is 12.1. The van der Waals surface area contributed by atoms with Gasteiger partial charge in [0, 0.05) is 12.1 Å². The molecule has 0 unspecified atom stereocenters. The van der Waals surface area contributed by atoms with Gasteiger partial charge in [0.2, 0.25) is 5.91 Å². The number of nitrogens with zero attached hydrogens (tertiary/aromatic N) is 1. The van der Waals surface area contributed by atoms with Gasteiger partial charge < -0.3 is 19.9 Å². The van der Waals surface area contributed by atoms with E-state index in [4.69, 9.17) is 14.6 Å². The molecule has 0 fully saturated rings. The molecule has 0 aliphatic rings. The van der Waals surface area contributed by atoms with Crippen molar-refractivity contribution in [1.29, 1.82) is 0 Å². The molecule has 0 saturated carbocycles. The van der Waals surface area contributed by atoms with Gasteiger partial charge in [-0.3, -0.25) is 4.79 Å². The summed E-state index contributed by atoms with van der Waals surface area (Å²) < 4.78 is 10.5. The number of ether oxygens (including phenoxy) is 2. The first-order chi connectivity index (χ1) is 11.5. The first kappa shape index (κ1) is 17.7. The maximum Gasteiger partial charge on any atom is 0.347 e. The Morgan fingerprint density at radius 3 is 2.62 bits per heavy atom. The van der Waals surface area contributed by atoms with Crippen LogP contribution in [0.3, 0.4) is 0 Å². The van der Waals surface area contributed by atoms with Crippen LogP contribution in [0, 0.1) is 6.92 Å². The molecule has 128 valence electrons. The van der Waals surface area contributed by atoms with Gasteiger partial charge in [0.15, 0.2) is 11.5 Å². The third-order valence-corrected chi connectivity index (χ3v) is 4.45. The molecule has 0 radical (unpaired) electrons. The number of aromatic carboxylic acids is 1. The van der Waals surface area contributed by atoms with E-state index in [1.807, 2.05) is 12.1 Å². The molecule has 1 amide bonds. The second kappa shape index (κ2) is 7.78. The van der Waals surface area contributed by atoms with Crippen molar-refractivity contribution < 1.29 is 24.2 Å². The van der Waals surface area contributed by atoms with Crippen LogP contribution in [0.25, 0.3) is 0 Å². The van der Waals surface area contributed by atoms with Crippen LogP contribution in [0.5, 0.6) is 11.5 Å². The second-order valence-electron chi connectivity index (χ2n) is 4.93. The summed E-state index contributed by atoms with van der Waals surface area (Å²) in [5, 5.41) is 12.3. The molecule has 8 heteroatoms. The van der Waals surface area contributed by atoms with Gasteiger partial charge >= 0.3 is 5.97 Å². The molecule has 24 heavy (non-hydrogen) atoms. The fourth-order valence-electron chi connectivity index (χ4n) is 2.21. The molecule has 1 aromatic carbocycles. The number of carbonyl (C=O) groups excluding carboxylic acids is 1. The normalized spacial score (nSPS) is 10.3. The third-order valence-electron chi connectivity index (χ3n) is 3.31. The van der Waals surface area contributed by atoms with E-state index in [1.54, 1.807) is 20.1 Å². The smallest absolute Gasteiger partial charge is 0.347 e. The van der Waals surface area contributed by atoms with Crippen molar-refractivity contribution in [1.82, 2.24) is 10.3 Å². The summed E-state index contributed by atoms with van der Waals surface area (Å²) in [7, 11) is 3.08. The number of aromatic nitrogens is 1. The highest BCUT2D eigenvalue weighted by atomic mass is 32.1. The molecule has 2 rings (SSSR count). The number of aryl methyl sites for hydroxylation is 1.